The lowest BCUT2D eigenvalue weighted by Crippen LogP contribution is -2.38. The van der Waals surface area contributed by atoms with E-state index in [0.29, 0.717) is 10.8 Å². The van der Waals surface area contributed by atoms with E-state index < -0.39 is 49.7 Å². The Kier molecular flexibility index (Phi) is 6.99. The lowest BCUT2D eigenvalue weighted by atomic mass is 10.1. The molecule has 150 valence electrons. The van der Waals surface area contributed by atoms with E-state index in [1.54, 1.807) is 4.98 Å². The van der Waals surface area contributed by atoms with Gasteiger partial charge in [0.05, 0.1) is 6.20 Å². The number of H-pyrrole nitrogens is 1. The smallest absolute Gasteiger partial charge is 0.330 e. The van der Waals surface area contributed by atoms with Crippen molar-refractivity contribution in [2.45, 2.75) is 63.4 Å². The quantitative estimate of drug-likeness (QED) is 0.468. The molecule has 1 aromatic rings. The minimum absolute atomic E-state index is 0.121. The standard InChI is InChI=1S/C17H25FN2O6Si/c1-4-27(5-2,6-3)8-7-25-10-12-13(21)14(22)16(26-12)20-9-11(18)15(23)19-17(20)24/h9,12-14,16,21-22H,4-6,10H2,1-3H3,(H,19,23,24)/t12-,13-,14-,16-/m1/s1. The molecule has 0 unspecified atom stereocenters. The summed E-state index contributed by atoms with van der Waals surface area (Å²) >= 11 is 0. The molecule has 0 aromatic carbocycles. The number of aromatic nitrogens is 2. The van der Waals surface area contributed by atoms with Gasteiger partial charge in [0.25, 0.3) is 5.56 Å². The highest BCUT2D eigenvalue weighted by Gasteiger charge is 2.44. The maximum absolute atomic E-state index is 13.5. The van der Waals surface area contributed by atoms with Gasteiger partial charge in [-0.3, -0.25) is 14.3 Å². The second-order valence-electron chi connectivity index (χ2n) is 6.57. The Hall–Kier alpha value is -1.93. The van der Waals surface area contributed by atoms with Crippen LogP contribution in [0.4, 0.5) is 4.39 Å². The molecule has 0 bridgehead atoms. The van der Waals surface area contributed by atoms with Crippen LogP contribution in [0.2, 0.25) is 18.1 Å². The van der Waals surface area contributed by atoms with Crippen LogP contribution >= 0.6 is 0 Å². The average molecular weight is 400 g/mol. The van der Waals surface area contributed by atoms with E-state index in [9.17, 15) is 24.2 Å². The van der Waals surface area contributed by atoms with Crippen molar-refractivity contribution in [2.75, 3.05) is 6.61 Å². The monoisotopic (exact) mass is 400 g/mol. The molecule has 1 fully saturated rings. The van der Waals surface area contributed by atoms with Crippen molar-refractivity contribution in [3.63, 3.8) is 0 Å². The Morgan fingerprint density at radius 3 is 2.48 bits per heavy atom. The van der Waals surface area contributed by atoms with Crippen molar-refractivity contribution in [3.05, 3.63) is 32.9 Å². The van der Waals surface area contributed by atoms with Crippen LogP contribution < -0.4 is 11.2 Å². The van der Waals surface area contributed by atoms with Crippen molar-refractivity contribution in [2.24, 2.45) is 0 Å². The van der Waals surface area contributed by atoms with Gasteiger partial charge in [0.2, 0.25) is 5.82 Å². The van der Waals surface area contributed by atoms with Gasteiger partial charge in [-0.15, -0.1) is 0 Å². The van der Waals surface area contributed by atoms with Gasteiger partial charge in [-0.25, -0.2) is 4.79 Å². The summed E-state index contributed by atoms with van der Waals surface area (Å²) in [4.78, 5) is 24.7. The molecular weight excluding hydrogens is 375 g/mol. The first kappa shape index (κ1) is 21.4. The van der Waals surface area contributed by atoms with E-state index in [1.807, 2.05) is 0 Å². The fourth-order valence-corrected chi connectivity index (χ4v) is 5.35. The fraction of sp³-hybridized carbons (Fsp3) is 0.647. The molecule has 2 rings (SSSR count). The summed E-state index contributed by atoms with van der Waals surface area (Å²) in [7, 11) is -1.67. The summed E-state index contributed by atoms with van der Waals surface area (Å²) in [5, 5.41) is 20.3. The molecule has 4 atom stereocenters. The molecule has 1 aliphatic rings. The Morgan fingerprint density at radius 2 is 1.89 bits per heavy atom. The molecule has 10 heteroatoms. The van der Waals surface area contributed by atoms with Gasteiger partial charge in [-0.2, -0.15) is 4.39 Å². The molecule has 0 spiro atoms. The van der Waals surface area contributed by atoms with E-state index in [4.69, 9.17) is 9.47 Å². The number of aliphatic hydroxyl groups is 2. The van der Waals surface area contributed by atoms with E-state index >= 15 is 0 Å². The molecule has 0 saturated carbocycles. The molecule has 0 amide bonds. The van der Waals surface area contributed by atoms with Crippen LogP contribution in [-0.2, 0) is 9.47 Å². The SMILES string of the molecule is CC[Si](C#COC[C@H]1O[C@@H](n2cc(F)c(=O)[nH]c2=O)[C@H](O)[C@@H]1O)(CC)CC. The molecule has 2 heterocycles. The maximum Gasteiger partial charge on any atom is 0.330 e. The van der Waals surface area contributed by atoms with Gasteiger partial charge in [0.15, 0.2) is 6.23 Å². The average Bonchev–Trinajstić information content (AvgIpc) is 2.94. The third-order valence-corrected chi connectivity index (χ3v) is 9.90. The van der Waals surface area contributed by atoms with Crippen molar-refractivity contribution < 1.29 is 24.1 Å². The Labute approximate surface area is 157 Å². The van der Waals surface area contributed by atoms with Crippen LogP contribution in [0.1, 0.15) is 27.0 Å². The van der Waals surface area contributed by atoms with E-state index in [1.165, 1.54) is 0 Å². The zero-order valence-electron chi connectivity index (χ0n) is 15.6. The zero-order valence-corrected chi connectivity index (χ0v) is 16.6. The lowest BCUT2D eigenvalue weighted by molar-refractivity contribution is -0.0553. The predicted molar refractivity (Wildman–Crippen MR) is 98.1 cm³/mol. The van der Waals surface area contributed by atoms with Gasteiger partial charge in [0, 0.05) is 0 Å². The minimum Gasteiger partial charge on any atom is -0.444 e. The summed E-state index contributed by atoms with van der Waals surface area (Å²) in [5.41, 5.74) is 1.09. The molecule has 8 nitrogen and oxygen atoms in total. The normalized spacial score (nSPS) is 25.1. The van der Waals surface area contributed by atoms with Crippen LogP contribution in [0.25, 0.3) is 0 Å². The highest BCUT2D eigenvalue weighted by Crippen LogP contribution is 2.28. The molecule has 3 N–H and O–H groups in total. The third-order valence-electron chi connectivity index (χ3n) is 5.20. The molecular formula is C17H25FN2O6Si. The van der Waals surface area contributed by atoms with Crippen LogP contribution in [0.15, 0.2) is 15.8 Å². The molecule has 1 saturated heterocycles. The van der Waals surface area contributed by atoms with Gasteiger partial charge < -0.3 is 19.7 Å². The third kappa shape index (κ3) is 4.49. The van der Waals surface area contributed by atoms with Gasteiger partial charge in [0.1, 0.15) is 39.1 Å². The van der Waals surface area contributed by atoms with E-state index in [-0.39, 0.29) is 6.61 Å². The van der Waals surface area contributed by atoms with Crippen molar-refractivity contribution >= 4 is 8.07 Å². The minimum atomic E-state index is -1.67. The number of hydrogen-bond donors (Lipinski definition) is 3. The first-order chi connectivity index (χ1) is 12.8. The van der Waals surface area contributed by atoms with Crippen molar-refractivity contribution in [1.29, 1.82) is 0 Å². The molecule has 1 aliphatic heterocycles. The Balaban J connectivity index is 2.09. The number of rotatable bonds is 6. The highest BCUT2D eigenvalue weighted by atomic mass is 28.3. The predicted octanol–water partition coefficient (Wildman–Crippen LogP) is 0.320. The molecule has 27 heavy (non-hydrogen) atoms. The van der Waals surface area contributed by atoms with Gasteiger partial charge in [-0.1, -0.05) is 26.3 Å². The Morgan fingerprint density at radius 1 is 1.26 bits per heavy atom. The summed E-state index contributed by atoms with van der Waals surface area (Å²) in [6.07, 6.45) is -1.84. The Bertz CT molecular complexity index is 817. The second kappa shape index (κ2) is 8.84. The summed E-state index contributed by atoms with van der Waals surface area (Å²) in [6.45, 7) is 6.21. The van der Waals surface area contributed by atoms with E-state index in [2.05, 4.69) is 32.4 Å². The first-order valence-corrected chi connectivity index (χ1v) is 11.6. The van der Waals surface area contributed by atoms with Crippen LogP contribution in [0.3, 0.4) is 0 Å². The number of ether oxygens (including phenoxy) is 2. The van der Waals surface area contributed by atoms with Crippen LogP contribution in [0.5, 0.6) is 0 Å². The number of halogens is 1. The number of nitrogens with zero attached hydrogens (tertiary/aromatic N) is 1. The first-order valence-electron chi connectivity index (χ1n) is 8.95. The summed E-state index contributed by atoms with van der Waals surface area (Å²) in [6, 6.07) is 3.04. The molecule has 0 radical (unpaired) electrons. The van der Waals surface area contributed by atoms with E-state index in [0.717, 1.165) is 18.1 Å². The number of nitrogens with one attached hydrogen (secondary N) is 1. The number of hydrogen-bond acceptors (Lipinski definition) is 6. The summed E-state index contributed by atoms with van der Waals surface area (Å²) < 4.78 is 24.9. The maximum atomic E-state index is 13.5. The van der Waals surface area contributed by atoms with Gasteiger partial charge >= 0.3 is 5.69 Å². The van der Waals surface area contributed by atoms with Crippen LogP contribution in [0, 0.1) is 17.5 Å². The molecule has 0 aliphatic carbocycles. The fourth-order valence-electron chi connectivity index (χ4n) is 3.03. The molecule has 1 aromatic heterocycles. The topological polar surface area (TPSA) is 114 Å². The lowest BCUT2D eigenvalue weighted by Gasteiger charge is -2.19. The number of aromatic amines is 1. The number of aliphatic hydroxyl groups excluding tert-OH is 2. The van der Waals surface area contributed by atoms with Gasteiger partial charge in [-0.05, 0) is 18.1 Å². The highest BCUT2D eigenvalue weighted by molar-refractivity contribution is 6.87. The van der Waals surface area contributed by atoms with Crippen LogP contribution in [-0.4, -0.2) is 52.8 Å². The second-order valence-corrected chi connectivity index (χ2v) is 11.5. The van der Waals surface area contributed by atoms with Crippen molar-refractivity contribution in [1.82, 2.24) is 9.55 Å². The summed E-state index contributed by atoms with van der Waals surface area (Å²) in [5.74, 6) is -1.20. The largest absolute Gasteiger partial charge is 0.444 e. The zero-order chi connectivity index (χ0) is 20.2. The van der Waals surface area contributed by atoms with Crippen molar-refractivity contribution in [3.8, 4) is 11.7 Å².